The van der Waals surface area contributed by atoms with Crippen molar-refractivity contribution in [1.82, 2.24) is 4.90 Å². The molecule has 78 valence electrons. The smallest absolute Gasteiger partial charge is 0.401 e. The van der Waals surface area contributed by atoms with Crippen molar-refractivity contribution in [1.29, 1.82) is 0 Å². The van der Waals surface area contributed by atoms with Crippen LogP contribution in [0.4, 0.5) is 13.2 Å². The molecule has 6 heteroatoms. The van der Waals surface area contributed by atoms with E-state index in [0.29, 0.717) is 6.42 Å². The number of carboxylic acid groups (broad SMARTS) is 1. The molecule has 0 aliphatic carbocycles. The Balaban J connectivity index is 4.01. The molecule has 0 unspecified atom stereocenters. The molecule has 13 heavy (non-hydrogen) atoms. The Morgan fingerprint density at radius 3 is 2.31 bits per heavy atom. The molecule has 0 amide bonds. The first-order chi connectivity index (χ1) is 5.85. The van der Waals surface area contributed by atoms with Crippen LogP contribution in [-0.4, -0.2) is 41.8 Å². The summed E-state index contributed by atoms with van der Waals surface area (Å²) < 4.78 is 35.5. The van der Waals surface area contributed by atoms with Gasteiger partial charge >= 0.3 is 12.1 Å². The molecule has 0 atom stereocenters. The van der Waals surface area contributed by atoms with E-state index < -0.39 is 25.2 Å². The molecule has 0 fully saturated rings. The summed E-state index contributed by atoms with van der Waals surface area (Å²) in [7, 11) is 0. The van der Waals surface area contributed by atoms with Gasteiger partial charge in [-0.25, -0.2) is 0 Å². The molecule has 1 N–H and O–H groups in total. The summed E-state index contributed by atoms with van der Waals surface area (Å²) in [5.41, 5.74) is 0. The van der Waals surface area contributed by atoms with E-state index in [1.165, 1.54) is 0 Å². The van der Waals surface area contributed by atoms with Crippen molar-refractivity contribution < 1.29 is 23.1 Å². The largest absolute Gasteiger partial charge is 0.480 e. The summed E-state index contributed by atoms with van der Waals surface area (Å²) >= 11 is 0. The van der Waals surface area contributed by atoms with Gasteiger partial charge in [-0.2, -0.15) is 13.2 Å². The molecule has 0 aliphatic heterocycles. The Hall–Kier alpha value is -0.780. The fourth-order valence-corrected chi connectivity index (χ4v) is 0.975. The Morgan fingerprint density at radius 2 is 2.00 bits per heavy atom. The van der Waals surface area contributed by atoms with Gasteiger partial charge in [-0.05, 0) is 13.0 Å². The number of carbonyl (C=O) groups is 1. The monoisotopic (exact) mass is 199 g/mol. The molecule has 0 saturated heterocycles. The van der Waals surface area contributed by atoms with E-state index in [2.05, 4.69) is 0 Å². The van der Waals surface area contributed by atoms with Crippen LogP contribution in [0.5, 0.6) is 0 Å². The Kier molecular flexibility index (Phi) is 4.76. The number of carboxylic acids is 1. The van der Waals surface area contributed by atoms with Crippen LogP contribution in [0.2, 0.25) is 0 Å². The number of hydrogen-bond acceptors (Lipinski definition) is 2. The van der Waals surface area contributed by atoms with Crippen LogP contribution < -0.4 is 0 Å². The molecule has 0 radical (unpaired) electrons. The van der Waals surface area contributed by atoms with Gasteiger partial charge in [0.15, 0.2) is 0 Å². The average Bonchev–Trinajstić information content (AvgIpc) is 1.81. The molecule has 0 bridgehead atoms. The lowest BCUT2D eigenvalue weighted by atomic mass is 10.4. The molecule has 0 spiro atoms. The maximum Gasteiger partial charge on any atom is 0.401 e. The minimum Gasteiger partial charge on any atom is -0.480 e. The van der Waals surface area contributed by atoms with E-state index in [4.69, 9.17) is 5.11 Å². The van der Waals surface area contributed by atoms with Crippen LogP contribution in [0, 0.1) is 0 Å². The summed E-state index contributed by atoms with van der Waals surface area (Å²) in [6, 6.07) is 0. The predicted molar refractivity (Wildman–Crippen MR) is 40.4 cm³/mol. The fraction of sp³-hybridized carbons (Fsp3) is 0.857. The van der Waals surface area contributed by atoms with Gasteiger partial charge in [-0.15, -0.1) is 0 Å². The van der Waals surface area contributed by atoms with Crippen LogP contribution in [-0.2, 0) is 4.79 Å². The molecule has 0 aliphatic rings. The summed E-state index contributed by atoms with van der Waals surface area (Å²) in [6.07, 6.45) is -3.83. The molecule has 3 nitrogen and oxygen atoms in total. The van der Waals surface area contributed by atoms with Crippen LogP contribution in [0.3, 0.4) is 0 Å². The van der Waals surface area contributed by atoms with Crippen molar-refractivity contribution in [2.75, 3.05) is 19.6 Å². The average molecular weight is 199 g/mol. The first-order valence-electron chi connectivity index (χ1n) is 3.86. The van der Waals surface area contributed by atoms with Gasteiger partial charge in [0.2, 0.25) is 0 Å². The topological polar surface area (TPSA) is 40.5 Å². The third-order valence-electron chi connectivity index (χ3n) is 1.30. The van der Waals surface area contributed by atoms with Gasteiger partial charge in [0.05, 0.1) is 13.1 Å². The van der Waals surface area contributed by atoms with E-state index in [0.717, 1.165) is 4.90 Å². The minimum absolute atomic E-state index is 0.145. The summed E-state index contributed by atoms with van der Waals surface area (Å²) in [5.74, 6) is -1.24. The van der Waals surface area contributed by atoms with Crippen LogP contribution in [0.15, 0.2) is 0 Å². The number of aliphatic carboxylic acids is 1. The lowest BCUT2D eigenvalue weighted by Crippen LogP contribution is -2.38. The summed E-state index contributed by atoms with van der Waals surface area (Å²) in [4.78, 5) is 11.0. The third-order valence-corrected chi connectivity index (χ3v) is 1.30. The second-order valence-corrected chi connectivity index (χ2v) is 2.72. The van der Waals surface area contributed by atoms with Crippen molar-refractivity contribution in [3.05, 3.63) is 0 Å². The highest BCUT2D eigenvalue weighted by Gasteiger charge is 2.30. The maximum atomic E-state index is 11.8. The summed E-state index contributed by atoms with van der Waals surface area (Å²) in [5, 5.41) is 8.30. The van der Waals surface area contributed by atoms with Crippen molar-refractivity contribution in [2.24, 2.45) is 0 Å². The van der Waals surface area contributed by atoms with Gasteiger partial charge in [-0.1, -0.05) is 6.92 Å². The Morgan fingerprint density at radius 1 is 1.46 bits per heavy atom. The lowest BCUT2D eigenvalue weighted by molar-refractivity contribution is -0.153. The van der Waals surface area contributed by atoms with Crippen molar-refractivity contribution >= 4 is 5.97 Å². The zero-order chi connectivity index (χ0) is 10.5. The number of hydrogen-bond donors (Lipinski definition) is 1. The highest BCUT2D eigenvalue weighted by molar-refractivity contribution is 5.69. The normalized spacial score (nSPS) is 12.1. The number of alkyl halides is 3. The molecule has 0 aromatic heterocycles. The van der Waals surface area contributed by atoms with Gasteiger partial charge in [-0.3, -0.25) is 9.69 Å². The number of nitrogens with zero attached hydrogens (tertiary/aromatic N) is 1. The van der Waals surface area contributed by atoms with Crippen LogP contribution >= 0.6 is 0 Å². The number of rotatable bonds is 5. The van der Waals surface area contributed by atoms with Gasteiger partial charge < -0.3 is 5.11 Å². The highest BCUT2D eigenvalue weighted by Crippen LogP contribution is 2.16. The van der Waals surface area contributed by atoms with Crippen LogP contribution in [0.25, 0.3) is 0 Å². The lowest BCUT2D eigenvalue weighted by Gasteiger charge is -2.20. The molecule has 0 aromatic carbocycles. The van der Waals surface area contributed by atoms with E-state index in [-0.39, 0.29) is 6.54 Å². The van der Waals surface area contributed by atoms with E-state index in [1.807, 2.05) is 0 Å². The standard InChI is InChI=1S/C7H12F3NO2/c1-2-3-11(4-6(12)13)5-7(8,9)10/h2-5H2,1H3,(H,12,13). The van der Waals surface area contributed by atoms with Crippen molar-refractivity contribution in [3.63, 3.8) is 0 Å². The predicted octanol–water partition coefficient (Wildman–Crippen LogP) is 1.35. The Labute approximate surface area is 74.1 Å². The van der Waals surface area contributed by atoms with E-state index >= 15 is 0 Å². The first kappa shape index (κ1) is 12.2. The maximum absolute atomic E-state index is 11.8. The zero-order valence-corrected chi connectivity index (χ0v) is 7.26. The molecule has 0 aromatic rings. The van der Waals surface area contributed by atoms with Crippen LogP contribution in [0.1, 0.15) is 13.3 Å². The van der Waals surface area contributed by atoms with Gasteiger partial charge in [0.25, 0.3) is 0 Å². The second-order valence-electron chi connectivity index (χ2n) is 2.72. The van der Waals surface area contributed by atoms with Gasteiger partial charge in [0, 0.05) is 0 Å². The zero-order valence-electron chi connectivity index (χ0n) is 7.26. The SMILES string of the molecule is CCCN(CC(=O)O)CC(F)(F)F. The highest BCUT2D eigenvalue weighted by atomic mass is 19.4. The molecule has 0 rings (SSSR count). The first-order valence-corrected chi connectivity index (χ1v) is 3.86. The van der Waals surface area contributed by atoms with Crippen molar-refractivity contribution in [3.8, 4) is 0 Å². The molecule has 0 saturated carbocycles. The molecular weight excluding hydrogens is 187 g/mol. The van der Waals surface area contributed by atoms with Crippen molar-refractivity contribution in [2.45, 2.75) is 19.5 Å². The minimum atomic E-state index is -4.33. The van der Waals surface area contributed by atoms with E-state index in [9.17, 15) is 18.0 Å². The summed E-state index contributed by atoms with van der Waals surface area (Å²) in [6.45, 7) is 0.123. The molecular formula is C7H12F3NO2. The van der Waals surface area contributed by atoms with Gasteiger partial charge in [0.1, 0.15) is 0 Å². The quantitative estimate of drug-likeness (QED) is 0.726. The molecule has 0 heterocycles. The fourth-order valence-electron chi connectivity index (χ4n) is 0.975. The van der Waals surface area contributed by atoms with E-state index in [1.54, 1.807) is 6.92 Å². The third kappa shape index (κ3) is 7.58. The second kappa shape index (κ2) is 5.06. The number of halogens is 3. The Bertz CT molecular complexity index is 170.